The highest BCUT2D eigenvalue weighted by atomic mass is 35.5. The zero-order valence-electron chi connectivity index (χ0n) is 12.0. The smallest absolute Gasteiger partial charge is 0.151 e. The summed E-state index contributed by atoms with van der Waals surface area (Å²) in [6.07, 6.45) is 5.04. The van der Waals surface area contributed by atoms with Gasteiger partial charge in [-0.15, -0.1) is 0 Å². The Balaban J connectivity index is 1.92. The molecule has 2 aromatic rings. The number of aromatic nitrogens is 3. The second-order valence-corrected chi connectivity index (χ2v) is 5.27. The van der Waals surface area contributed by atoms with Crippen molar-refractivity contribution in [1.82, 2.24) is 20.3 Å². The number of nitrogens with zero attached hydrogens (tertiary/aromatic N) is 2. The average molecular weight is 293 g/mol. The fraction of sp³-hybridized carbons (Fsp3) is 0.467. The Kier molecular flexibility index (Phi) is 5.56. The minimum absolute atomic E-state index is 0.176. The lowest BCUT2D eigenvalue weighted by Gasteiger charge is -2.12. The molecular weight excluding hydrogens is 272 g/mol. The van der Waals surface area contributed by atoms with Crippen molar-refractivity contribution < 1.29 is 0 Å². The Morgan fingerprint density at radius 3 is 2.95 bits per heavy atom. The maximum absolute atomic E-state index is 6.16. The first-order valence-corrected chi connectivity index (χ1v) is 7.46. The monoisotopic (exact) mass is 292 g/mol. The molecule has 108 valence electrons. The summed E-state index contributed by atoms with van der Waals surface area (Å²) in [6, 6.07) is 6.10. The fourth-order valence-electron chi connectivity index (χ4n) is 2.01. The Morgan fingerprint density at radius 1 is 1.40 bits per heavy atom. The highest BCUT2D eigenvalue weighted by Crippen LogP contribution is 2.16. The van der Waals surface area contributed by atoms with Crippen LogP contribution in [0.2, 0.25) is 5.15 Å². The number of rotatable bonds is 7. The zero-order chi connectivity index (χ0) is 14.4. The molecule has 4 nitrogen and oxygen atoms in total. The lowest BCUT2D eigenvalue weighted by atomic mass is 10.2. The average Bonchev–Trinajstić information content (AvgIpc) is 2.83. The molecule has 5 heteroatoms. The molecule has 20 heavy (non-hydrogen) atoms. The maximum atomic E-state index is 6.16. The molecule has 0 aromatic carbocycles. The van der Waals surface area contributed by atoms with Crippen molar-refractivity contribution in [2.45, 2.75) is 45.7 Å². The molecule has 0 aliphatic carbocycles. The van der Waals surface area contributed by atoms with E-state index < -0.39 is 0 Å². The van der Waals surface area contributed by atoms with Crippen molar-refractivity contribution >= 4 is 11.6 Å². The first-order valence-electron chi connectivity index (χ1n) is 7.08. The van der Waals surface area contributed by atoms with Crippen molar-refractivity contribution in [3.63, 3.8) is 0 Å². The molecule has 0 fully saturated rings. The van der Waals surface area contributed by atoms with Gasteiger partial charge in [-0.3, -0.25) is 4.98 Å². The lowest BCUT2D eigenvalue weighted by molar-refractivity contribution is 0.556. The molecular formula is C15H21ClN4. The molecule has 1 unspecified atom stereocenters. The highest BCUT2D eigenvalue weighted by molar-refractivity contribution is 6.30. The summed E-state index contributed by atoms with van der Waals surface area (Å²) in [5, 5.41) is 3.97. The van der Waals surface area contributed by atoms with Crippen LogP contribution in [0.1, 0.15) is 49.9 Å². The Morgan fingerprint density at radius 2 is 2.25 bits per heavy atom. The van der Waals surface area contributed by atoms with E-state index in [1.165, 1.54) is 0 Å². The molecule has 2 heterocycles. The van der Waals surface area contributed by atoms with E-state index in [1.807, 2.05) is 18.2 Å². The number of halogens is 1. The number of aromatic amines is 1. The van der Waals surface area contributed by atoms with Crippen molar-refractivity contribution in [3.8, 4) is 0 Å². The summed E-state index contributed by atoms with van der Waals surface area (Å²) < 4.78 is 0. The van der Waals surface area contributed by atoms with Crippen LogP contribution in [-0.2, 0) is 13.0 Å². The van der Waals surface area contributed by atoms with E-state index in [1.54, 1.807) is 6.20 Å². The molecule has 0 saturated carbocycles. The molecule has 2 rings (SSSR count). The van der Waals surface area contributed by atoms with Gasteiger partial charge in [0.25, 0.3) is 0 Å². The summed E-state index contributed by atoms with van der Waals surface area (Å²) in [5.41, 5.74) is 1.97. The summed E-state index contributed by atoms with van der Waals surface area (Å²) in [4.78, 5) is 12.0. The van der Waals surface area contributed by atoms with Gasteiger partial charge in [-0.05, 0) is 25.5 Å². The van der Waals surface area contributed by atoms with Crippen LogP contribution in [-0.4, -0.2) is 15.0 Å². The number of H-pyrrole nitrogens is 1. The molecule has 0 aliphatic rings. The van der Waals surface area contributed by atoms with Crippen LogP contribution in [0.25, 0.3) is 0 Å². The van der Waals surface area contributed by atoms with E-state index in [0.717, 1.165) is 36.5 Å². The predicted molar refractivity (Wildman–Crippen MR) is 81.7 cm³/mol. The van der Waals surface area contributed by atoms with Gasteiger partial charge in [0.15, 0.2) is 5.15 Å². The number of imidazole rings is 1. The molecule has 0 radical (unpaired) electrons. The summed E-state index contributed by atoms with van der Waals surface area (Å²) in [5.74, 6) is 0.971. The highest BCUT2D eigenvalue weighted by Gasteiger charge is 2.10. The standard InChI is InChI=1S/C15H21ClN4/c1-3-4-8-14-19-13(15(16)20-14)10-18-11(2)12-7-5-6-9-17-12/h5-7,9,11,18H,3-4,8,10H2,1-2H3,(H,19,20). The maximum Gasteiger partial charge on any atom is 0.151 e. The van der Waals surface area contributed by atoms with Crippen LogP contribution in [0.5, 0.6) is 0 Å². The van der Waals surface area contributed by atoms with Gasteiger partial charge < -0.3 is 10.3 Å². The lowest BCUT2D eigenvalue weighted by Crippen LogP contribution is -2.19. The van der Waals surface area contributed by atoms with Crippen LogP contribution in [0, 0.1) is 0 Å². The second kappa shape index (κ2) is 7.41. The fourth-order valence-corrected chi connectivity index (χ4v) is 2.23. The normalized spacial score (nSPS) is 12.6. The minimum atomic E-state index is 0.176. The van der Waals surface area contributed by atoms with Gasteiger partial charge in [-0.2, -0.15) is 0 Å². The quantitative estimate of drug-likeness (QED) is 0.819. The second-order valence-electron chi connectivity index (χ2n) is 4.91. The topological polar surface area (TPSA) is 53.6 Å². The van der Waals surface area contributed by atoms with Crippen molar-refractivity contribution in [3.05, 3.63) is 46.8 Å². The summed E-state index contributed by atoms with van der Waals surface area (Å²) in [6.45, 7) is 4.92. The molecule has 2 N–H and O–H groups in total. The summed E-state index contributed by atoms with van der Waals surface area (Å²) in [7, 11) is 0. The van der Waals surface area contributed by atoms with Gasteiger partial charge in [0.2, 0.25) is 0 Å². The third-order valence-corrected chi connectivity index (χ3v) is 3.57. The van der Waals surface area contributed by atoms with E-state index in [2.05, 4.69) is 34.1 Å². The van der Waals surface area contributed by atoms with E-state index >= 15 is 0 Å². The SMILES string of the molecule is CCCCc1nc(Cl)c(CNC(C)c2ccccn2)[nH]1. The van der Waals surface area contributed by atoms with Crippen LogP contribution in [0.3, 0.4) is 0 Å². The number of hydrogen-bond donors (Lipinski definition) is 2. The number of pyridine rings is 1. The molecule has 0 aliphatic heterocycles. The zero-order valence-corrected chi connectivity index (χ0v) is 12.7. The van der Waals surface area contributed by atoms with Gasteiger partial charge in [-0.25, -0.2) is 4.98 Å². The molecule has 0 saturated heterocycles. The van der Waals surface area contributed by atoms with Crippen LogP contribution < -0.4 is 5.32 Å². The van der Waals surface area contributed by atoms with E-state index in [-0.39, 0.29) is 6.04 Å². The third-order valence-electron chi connectivity index (χ3n) is 3.26. The third kappa shape index (κ3) is 4.05. The first kappa shape index (κ1) is 15.0. The number of nitrogens with one attached hydrogen (secondary N) is 2. The molecule has 1 atom stereocenters. The number of hydrogen-bond acceptors (Lipinski definition) is 3. The van der Waals surface area contributed by atoms with Gasteiger partial charge >= 0.3 is 0 Å². The Labute approximate surface area is 125 Å². The molecule has 0 spiro atoms. The molecule has 2 aromatic heterocycles. The Hall–Kier alpha value is -1.39. The Bertz CT molecular complexity index is 524. The van der Waals surface area contributed by atoms with Gasteiger partial charge in [0.05, 0.1) is 11.4 Å². The van der Waals surface area contributed by atoms with Gasteiger partial charge in [0.1, 0.15) is 5.82 Å². The predicted octanol–water partition coefficient (Wildman–Crippen LogP) is 3.65. The number of aryl methyl sites for hydroxylation is 1. The van der Waals surface area contributed by atoms with Crippen LogP contribution >= 0.6 is 11.6 Å². The van der Waals surface area contributed by atoms with Crippen LogP contribution in [0.15, 0.2) is 24.4 Å². The van der Waals surface area contributed by atoms with E-state index in [9.17, 15) is 0 Å². The van der Waals surface area contributed by atoms with Crippen LogP contribution in [0.4, 0.5) is 0 Å². The van der Waals surface area contributed by atoms with Crippen molar-refractivity contribution in [1.29, 1.82) is 0 Å². The summed E-state index contributed by atoms with van der Waals surface area (Å²) >= 11 is 6.16. The first-order chi connectivity index (χ1) is 9.70. The minimum Gasteiger partial charge on any atom is -0.344 e. The number of unbranched alkanes of at least 4 members (excludes halogenated alkanes) is 1. The van der Waals surface area contributed by atoms with E-state index in [4.69, 9.17) is 11.6 Å². The van der Waals surface area contributed by atoms with Crippen molar-refractivity contribution in [2.24, 2.45) is 0 Å². The van der Waals surface area contributed by atoms with Gasteiger partial charge in [0, 0.05) is 25.2 Å². The van der Waals surface area contributed by atoms with Crippen molar-refractivity contribution in [2.75, 3.05) is 0 Å². The largest absolute Gasteiger partial charge is 0.344 e. The van der Waals surface area contributed by atoms with E-state index in [0.29, 0.717) is 11.7 Å². The van der Waals surface area contributed by atoms with Gasteiger partial charge in [-0.1, -0.05) is 31.0 Å². The molecule has 0 bridgehead atoms. The molecule has 0 amide bonds.